The summed E-state index contributed by atoms with van der Waals surface area (Å²) in [6, 6.07) is 1.89. The van der Waals surface area contributed by atoms with Crippen LogP contribution in [-0.4, -0.2) is 0 Å². The van der Waals surface area contributed by atoms with E-state index in [2.05, 4.69) is 0 Å². The van der Waals surface area contributed by atoms with Crippen LogP contribution < -0.4 is 12.4 Å². The van der Waals surface area contributed by atoms with Crippen molar-refractivity contribution in [3.8, 4) is 0 Å². The lowest BCUT2D eigenvalue weighted by Crippen LogP contribution is -3.00. The molecule has 4 heteroatoms. The van der Waals surface area contributed by atoms with Gasteiger partial charge >= 0.3 is 0 Å². The van der Waals surface area contributed by atoms with Gasteiger partial charge in [0.25, 0.3) is 10.3 Å². The maximum absolute atomic E-state index is 5.48. The normalized spacial score (nSPS) is 7.57. The summed E-state index contributed by atoms with van der Waals surface area (Å²) in [6.07, 6.45) is 0. The summed E-state index contributed by atoms with van der Waals surface area (Å²) in [6.45, 7) is 0. The molecule has 0 saturated heterocycles. The van der Waals surface area contributed by atoms with Gasteiger partial charge in [-0.1, -0.05) is 11.6 Å². The van der Waals surface area contributed by atoms with Crippen LogP contribution in [0.2, 0.25) is 4.34 Å². The van der Waals surface area contributed by atoms with Gasteiger partial charge in [0.15, 0.2) is 14.7 Å². The van der Waals surface area contributed by atoms with Gasteiger partial charge in [-0.15, -0.1) is 0 Å². The summed E-state index contributed by atoms with van der Waals surface area (Å²) in [5.41, 5.74) is 0. The molecule has 0 unspecified atom stereocenters. The maximum Gasteiger partial charge on any atom is 0.293 e. The zero-order chi connectivity index (χ0) is 4.41. The predicted octanol–water partition coefficient (Wildman–Crippen LogP) is -0.252. The van der Waals surface area contributed by atoms with Crippen LogP contribution in [0.25, 0.3) is 0 Å². The third kappa shape index (κ3) is 2.44. The van der Waals surface area contributed by atoms with Crippen LogP contribution >= 0.6 is 32.3 Å². The standard InChI is InChI=1S/C3H2ClS2.ClH/c4-3-1-2-5-6-3;/h1-2H;1H/q+1;/p-1. The van der Waals surface area contributed by atoms with E-state index in [1.54, 1.807) is 20.7 Å². The monoisotopic (exact) mass is 172 g/mol. The molecule has 0 aliphatic rings. The minimum Gasteiger partial charge on any atom is -1.00 e. The SMILES string of the molecule is Clc1cc[s+]s1.[Cl-]. The molecule has 1 heterocycles. The lowest BCUT2D eigenvalue weighted by Gasteiger charge is -1.52. The van der Waals surface area contributed by atoms with Gasteiger partial charge in [0.2, 0.25) is 5.38 Å². The van der Waals surface area contributed by atoms with Gasteiger partial charge in [-0.05, 0) is 0 Å². The molecule has 0 bridgehead atoms. The van der Waals surface area contributed by atoms with Crippen LogP contribution in [-0.2, 0) is 0 Å². The Bertz CT molecular complexity index is 114. The summed E-state index contributed by atoms with van der Waals surface area (Å²) in [7, 11) is 3.23. The van der Waals surface area contributed by atoms with Gasteiger partial charge in [-0.2, -0.15) is 0 Å². The van der Waals surface area contributed by atoms with Gasteiger partial charge in [0.05, 0.1) is 0 Å². The van der Waals surface area contributed by atoms with Crippen LogP contribution in [0.4, 0.5) is 0 Å². The zero-order valence-corrected chi connectivity index (χ0v) is 6.37. The van der Waals surface area contributed by atoms with E-state index < -0.39 is 0 Å². The summed E-state index contributed by atoms with van der Waals surface area (Å²) in [4.78, 5) is 0. The molecule has 0 N–H and O–H groups in total. The highest BCUT2D eigenvalue weighted by Crippen LogP contribution is 2.19. The summed E-state index contributed by atoms with van der Waals surface area (Å²) >= 11 is 5.48. The first-order valence-corrected chi connectivity index (χ1v) is 4.01. The van der Waals surface area contributed by atoms with Gasteiger partial charge in [-0.3, -0.25) is 0 Å². The molecule has 0 nitrogen and oxygen atoms in total. The van der Waals surface area contributed by atoms with Crippen molar-refractivity contribution >= 4 is 32.3 Å². The minimum absolute atomic E-state index is 0. The van der Waals surface area contributed by atoms with Gasteiger partial charge in [0, 0.05) is 6.07 Å². The van der Waals surface area contributed by atoms with Crippen LogP contribution in [0.5, 0.6) is 0 Å². The number of rotatable bonds is 0. The fourth-order valence-corrected chi connectivity index (χ4v) is 1.97. The molecule has 0 amide bonds. The Labute approximate surface area is 60.6 Å². The molecular weight excluding hydrogens is 171 g/mol. The van der Waals surface area contributed by atoms with Gasteiger partial charge < -0.3 is 12.4 Å². The third-order valence-corrected chi connectivity index (χ3v) is 2.81. The quantitative estimate of drug-likeness (QED) is 0.375. The molecule has 0 fully saturated rings. The number of halogens is 2. The van der Waals surface area contributed by atoms with Crippen molar-refractivity contribution in [3.63, 3.8) is 0 Å². The van der Waals surface area contributed by atoms with Crippen LogP contribution in [0.1, 0.15) is 0 Å². The molecule has 7 heavy (non-hydrogen) atoms. The molecule has 40 valence electrons. The Morgan fingerprint density at radius 2 is 2.43 bits per heavy atom. The molecule has 0 aromatic carbocycles. The lowest BCUT2D eigenvalue weighted by atomic mass is 10.8. The highest BCUT2D eigenvalue weighted by molar-refractivity contribution is 7.69. The second-order valence-electron chi connectivity index (χ2n) is 0.786. The molecule has 0 radical (unpaired) electrons. The second kappa shape index (κ2) is 3.61. The molecule has 0 saturated carbocycles. The highest BCUT2D eigenvalue weighted by atomic mass is 35.5. The number of hydrogen-bond acceptors (Lipinski definition) is 1. The fourth-order valence-electron chi connectivity index (χ4n) is 0.183. The second-order valence-corrected chi connectivity index (χ2v) is 3.57. The highest BCUT2D eigenvalue weighted by Gasteiger charge is 1.93. The first kappa shape index (κ1) is 7.63. The largest absolute Gasteiger partial charge is 1.00 e. The minimum atomic E-state index is 0. The first-order chi connectivity index (χ1) is 2.89. The molecule has 0 spiro atoms. The van der Waals surface area contributed by atoms with Gasteiger partial charge in [-0.25, -0.2) is 0 Å². The Balaban J connectivity index is 0.000000360. The Hall–Kier alpha value is 0.630. The van der Waals surface area contributed by atoms with Gasteiger partial charge in [0.1, 0.15) is 0 Å². The van der Waals surface area contributed by atoms with Crippen molar-refractivity contribution < 1.29 is 12.4 Å². The van der Waals surface area contributed by atoms with Crippen LogP contribution in [0.15, 0.2) is 11.4 Å². The molecule has 0 aliphatic heterocycles. The van der Waals surface area contributed by atoms with Crippen molar-refractivity contribution in [2.24, 2.45) is 0 Å². The van der Waals surface area contributed by atoms with Crippen molar-refractivity contribution in [2.45, 2.75) is 0 Å². The van der Waals surface area contributed by atoms with Crippen molar-refractivity contribution in [1.82, 2.24) is 0 Å². The topological polar surface area (TPSA) is 0 Å². The average molecular weight is 173 g/mol. The van der Waals surface area contributed by atoms with E-state index in [0.717, 1.165) is 4.34 Å². The third-order valence-electron chi connectivity index (χ3n) is 0.382. The lowest BCUT2D eigenvalue weighted by molar-refractivity contribution is -0.000000959. The summed E-state index contributed by atoms with van der Waals surface area (Å²) in [5, 5.41) is 1.97. The molecule has 0 aliphatic carbocycles. The predicted molar refractivity (Wildman–Crippen MR) is 31.6 cm³/mol. The van der Waals surface area contributed by atoms with E-state index in [0.29, 0.717) is 0 Å². The van der Waals surface area contributed by atoms with Crippen molar-refractivity contribution in [2.75, 3.05) is 0 Å². The van der Waals surface area contributed by atoms with E-state index in [1.807, 2.05) is 11.4 Å². The molecule has 0 atom stereocenters. The first-order valence-electron chi connectivity index (χ1n) is 1.42. The van der Waals surface area contributed by atoms with E-state index >= 15 is 0 Å². The van der Waals surface area contributed by atoms with E-state index in [9.17, 15) is 0 Å². The summed E-state index contributed by atoms with van der Waals surface area (Å²) in [5.74, 6) is 0. The Morgan fingerprint density at radius 1 is 1.71 bits per heavy atom. The number of hydrogen-bond donors (Lipinski definition) is 0. The van der Waals surface area contributed by atoms with Crippen molar-refractivity contribution in [3.05, 3.63) is 15.8 Å². The maximum atomic E-state index is 5.48. The molecule has 1 aromatic rings. The van der Waals surface area contributed by atoms with E-state index in [-0.39, 0.29) is 12.4 Å². The Kier molecular flexibility index (Phi) is 3.93. The molecule has 1 rings (SSSR count). The average Bonchev–Trinajstić information content (AvgIpc) is 1.86. The van der Waals surface area contributed by atoms with Crippen LogP contribution in [0, 0.1) is 0 Å². The zero-order valence-electron chi connectivity index (χ0n) is 3.23. The van der Waals surface area contributed by atoms with E-state index in [4.69, 9.17) is 11.6 Å². The fraction of sp³-hybridized carbons (Fsp3) is 0. The van der Waals surface area contributed by atoms with E-state index in [1.165, 1.54) is 0 Å². The van der Waals surface area contributed by atoms with Crippen molar-refractivity contribution in [1.29, 1.82) is 0 Å². The smallest absolute Gasteiger partial charge is 0.293 e. The Morgan fingerprint density at radius 3 is 2.57 bits per heavy atom. The van der Waals surface area contributed by atoms with Crippen LogP contribution in [0.3, 0.4) is 0 Å². The summed E-state index contributed by atoms with van der Waals surface area (Å²) < 4.78 is 0.875. The molecular formula is C3H2Cl2S2. The molecule has 1 aromatic heterocycles.